The lowest BCUT2D eigenvalue weighted by Gasteiger charge is -2.25. The van der Waals surface area contributed by atoms with E-state index in [1.54, 1.807) is 13.8 Å². The highest BCUT2D eigenvalue weighted by Crippen LogP contribution is 2.37. The van der Waals surface area contributed by atoms with E-state index in [-0.39, 0.29) is 12.3 Å². The van der Waals surface area contributed by atoms with Crippen LogP contribution in [0.1, 0.15) is 19.4 Å². The minimum absolute atomic E-state index is 0.0528. The Bertz CT molecular complexity index is 487. The molecule has 2 N–H and O–H groups in total. The fourth-order valence-electron chi connectivity index (χ4n) is 1.43. The number of hydrogen-bond acceptors (Lipinski definition) is 4. The van der Waals surface area contributed by atoms with Gasteiger partial charge in [-0.3, -0.25) is 10.1 Å². The number of hydrogen-bond donors (Lipinski definition) is 2. The number of benzene rings is 1. The van der Waals surface area contributed by atoms with Crippen LogP contribution in [0.4, 0.5) is 24.5 Å². The van der Waals surface area contributed by atoms with Crippen molar-refractivity contribution in [2.45, 2.75) is 25.6 Å². The highest BCUT2D eigenvalue weighted by atomic mass is 19.4. The van der Waals surface area contributed by atoms with Crippen LogP contribution in [0, 0.1) is 10.1 Å². The molecule has 0 aliphatic heterocycles. The highest BCUT2D eigenvalue weighted by Gasteiger charge is 2.38. The van der Waals surface area contributed by atoms with E-state index < -0.39 is 27.9 Å². The highest BCUT2D eigenvalue weighted by molar-refractivity contribution is 5.56. The molecule has 106 valence electrons. The average Bonchev–Trinajstić information content (AvgIpc) is 2.27. The maximum absolute atomic E-state index is 12.7. The molecule has 0 aliphatic carbocycles. The fourth-order valence-corrected chi connectivity index (χ4v) is 1.43. The summed E-state index contributed by atoms with van der Waals surface area (Å²) in [6, 6.07) is 2.62. The first-order chi connectivity index (χ1) is 8.57. The number of anilines is 1. The maximum Gasteiger partial charge on any atom is 0.423 e. The summed E-state index contributed by atoms with van der Waals surface area (Å²) in [6.07, 6.45) is -4.82. The second-order valence-corrected chi connectivity index (χ2v) is 4.65. The number of nitrogens with one attached hydrogen (secondary N) is 1. The molecule has 5 nitrogen and oxygen atoms in total. The van der Waals surface area contributed by atoms with E-state index in [2.05, 4.69) is 5.32 Å². The summed E-state index contributed by atoms with van der Waals surface area (Å²) in [5.74, 6) is 0. The Labute approximate surface area is 107 Å². The minimum Gasteiger partial charge on any atom is -0.394 e. The van der Waals surface area contributed by atoms with Gasteiger partial charge < -0.3 is 10.4 Å². The van der Waals surface area contributed by atoms with Crippen LogP contribution >= 0.6 is 0 Å². The Morgan fingerprint density at radius 3 is 2.37 bits per heavy atom. The Kier molecular flexibility index (Phi) is 4.04. The van der Waals surface area contributed by atoms with Crippen LogP contribution in [0.3, 0.4) is 0 Å². The van der Waals surface area contributed by atoms with Crippen LogP contribution in [-0.4, -0.2) is 22.2 Å². The molecule has 0 saturated heterocycles. The van der Waals surface area contributed by atoms with E-state index in [9.17, 15) is 23.3 Å². The second-order valence-electron chi connectivity index (χ2n) is 4.65. The zero-order chi connectivity index (χ0) is 14.8. The van der Waals surface area contributed by atoms with E-state index in [1.807, 2.05) is 0 Å². The van der Waals surface area contributed by atoms with Crippen molar-refractivity contribution in [1.29, 1.82) is 0 Å². The number of aliphatic hydroxyl groups is 1. The van der Waals surface area contributed by atoms with Gasteiger partial charge in [0.2, 0.25) is 0 Å². The summed E-state index contributed by atoms with van der Waals surface area (Å²) in [4.78, 5) is 9.49. The standard InChI is InChI=1S/C11H13F3N2O3/c1-10(2,6-17)15-7-3-4-9(16(18)19)8(5-7)11(12,13)14/h3-5,15,17H,6H2,1-2H3. The van der Waals surface area contributed by atoms with Gasteiger partial charge in [-0.05, 0) is 26.0 Å². The van der Waals surface area contributed by atoms with Crippen molar-refractivity contribution in [3.8, 4) is 0 Å². The molecule has 0 radical (unpaired) electrons. The van der Waals surface area contributed by atoms with Crippen molar-refractivity contribution < 1.29 is 23.2 Å². The van der Waals surface area contributed by atoms with Crippen molar-refractivity contribution in [2.24, 2.45) is 0 Å². The van der Waals surface area contributed by atoms with Crippen LogP contribution in [0.2, 0.25) is 0 Å². The Morgan fingerprint density at radius 2 is 1.95 bits per heavy atom. The largest absolute Gasteiger partial charge is 0.423 e. The Morgan fingerprint density at radius 1 is 1.37 bits per heavy atom. The zero-order valence-electron chi connectivity index (χ0n) is 10.3. The van der Waals surface area contributed by atoms with E-state index in [0.29, 0.717) is 6.07 Å². The van der Waals surface area contributed by atoms with Crippen molar-refractivity contribution in [1.82, 2.24) is 0 Å². The van der Waals surface area contributed by atoms with Crippen LogP contribution in [0.15, 0.2) is 18.2 Å². The smallest absolute Gasteiger partial charge is 0.394 e. The number of nitro benzene ring substituents is 1. The first-order valence-corrected chi connectivity index (χ1v) is 5.31. The molecule has 0 heterocycles. The van der Waals surface area contributed by atoms with Crippen LogP contribution in [0.25, 0.3) is 0 Å². The van der Waals surface area contributed by atoms with E-state index in [0.717, 1.165) is 6.07 Å². The molecule has 0 aliphatic rings. The van der Waals surface area contributed by atoms with Crippen LogP contribution < -0.4 is 5.32 Å². The summed E-state index contributed by atoms with van der Waals surface area (Å²) in [5, 5.41) is 22.3. The van der Waals surface area contributed by atoms with Gasteiger partial charge in [0.1, 0.15) is 5.56 Å². The van der Waals surface area contributed by atoms with E-state index >= 15 is 0 Å². The molecule has 1 aromatic rings. The molecule has 0 saturated carbocycles. The Balaban J connectivity index is 3.23. The third kappa shape index (κ3) is 3.82. The molecule has 0 amide bonds. The van der Waals surface area contributed by atoms with Gasteiger partial charge in [-0.25, -0.2) is 0 Å². The third-order valence-electron chi connectivity index (χ3n) is 2.38. The van der Waals surface area contributed by atoms with Gasteiger partial charge in [0.05, 0.1) is 17.1 Å². The molecule has 0 spiro atoms. The first-order valence-electron chi connectivity index (χ1n) is 5.31. The SMILES string of the molecule is CC(C)(CO)Nc1ccc([N+](=O)[O-])c(C(F)(F)F)c1. The first kappa shape index (κ1) is 15.2. The lowest BCUT2D eigenvalue weighted by atomic mass is 10.1. The summed E-state index contributed by atoms with van der Waals surface area (Å²) in [5.41, 5.74) is -3.10. The van der Waals surface area contributed by atoms with Crippen LogP contribution in [-0.2, 0) is 6.18 Å². The molecule has 8 heteroatoms. The molecule has 1 rings (SSSR count). The number of nitro groups is 1. The van der Waals surface area contributed by atoms with Gasteiger partial charge in [0.25, 0.3) is 5.69 Å². The zero-order valence-corrected chi connectivity index (χ0v) is 10.3. The minimum atomic E-state index is -4.82. The topological polar surface area (TPSA) is 75.4 Å². The number of aliphatic hydroxyl groups excluding tert-OH is 1. The second kappa shape index (κ2) is 5.04. The van der Waals surface area contributed by atoms with E-state index in [1.165, 1.54) is 6.07 Å². The normalized spacial score (nSPS) is 12.3. The van der Waals surface area contributed by atoms with Gasteiger partial charge in [0, 0.05) is 11.8 Å². The monoisotopic (exact) mass is 278 g/mol. The molecule has 0 atom stereocenters. The van der Waals surface area contributed by atoms with Gasteiger partial charge in [-0.2, -0.15) is 13.2 Å². The molecular formula is C11H13F3N2O3. The molecule has 0 bridgehead atoms. The quantitative estimate of drug-likeness (QED) is 0.656. The van der Waals surface area contributed by atoms with Crippen molar-refractivity contribution >= 4 is 11.4 Å². The van der Waals surface area contributed by atoms with Gasteiger partial charge in [-0.15, -0.1) is 0 Å². The maximum atomic E-state index is 12.7. The fraction of sp³-hybridized carbons (Fsp3) is 0.455. The molecule has 1 aromatic carbocycles. The predicted octanol–water partition coefficient (Wildman–Crippen LogP) is 2.80. The number of alkyl halides is 3. The summed E-state index contributed by atoms with van der Waals surface area (Å²) < 4.78 is 38.2. The molecule has 19 heavy (non-hydrogen) atoms. The lowest BCUT2D eigenvalue weighted by molar-refractivity contribution is -0.388. The van der Waals surface area contributed by atoms with E-state index in [4.69, 9.17) is 5.11 Å². The number of rotatable bonds is 4. The van der Waals surface area contributed by atoms with Gasteiger partial charge in [-0.1, -0.05) is 0 Å². The van der Waals surface area contributed by atoms with Crippen molar-refractivity contribution in [2.75, 3.05) is 11.9 Å². The summed E-state index contributed by atoms with van der Waals surface area (Å²) >= 11 is 0. The summed E-state index contributed by atoms with van der Waals surface area (Å²) in [6.45, 7) is 2.87. The molecule has 0 fully saturated rings. The van der Waals surface area contributed by atoms with Gasteiger partial charge >= 0.3 is 6.18 Å². The van der Waals surface area contributed by atoms with Crippen LogP contribution in [0.5, 0.6) is 0 Å². The van der Waals surface area contributed by atoms with Crippen molar-refractivity contribution in [3.05, 3.63) is 33.9 Å². The van der Waals surface area contributed by atoms with Gasteiger partial charge in [0.15, 0.2) is 0 Å². The van der Waals surface area contributed by atoms with Crippen molar-refractivity contribution in [3.63, 3.8) is 0 Å². The molecular weight excluding hydrogens is 265 g/mol. The summed E-state index contributed by atoms with van der Waals surface area (Å²) in [7, 11) is 0. The molecule has 0 aromatic heterocycles. The third-order valence-corrected chi connectivity index (χ3v) is 2.38. The number of nitrogens with zero attached hydrogens (tertiary/aromatic N) is 1. The number of halogens is 3. The average molecular weight is 278 g/mol. The lowest BCUT2D eigenvalue weighted by Crippen LogP contribution is -2.35. The predicted molar refractivity (Wildman–Crippen MR) is 62.9 cm³/mol. The Hall–Kier alpha value is -1.83. The molecule has 0 unspecified atom stereocenters.